The average Bonchev–Trinajstić information content (AvgIpc) is 1.82. The third kappa shape index (κ3) is 1.12. The molecule has 1 aliphatic rings. The first-order valence-electron chi connectivity index (χ1n) is 2.70. The average molecular weight is 146 g/mol. The van der Waals surface area contributed by atoms with Crippen LogP contribution in [0.25, 0.3) is 0 Å². The molecule has 0 spiro atoms. The van der Waals surface area contributed by atoms with Crippen molar-refractivity contribution in [1.82, 2.24) is 0 Å². The molecule has 1 aliphatic carbocycles. The van der Waals surface area contributed by atoms with Gasteiger partial charge in [-0.15, -0.1) is 0 Å². The fraction of sp³-hybridized carbons (Fsp3) is 0.143. The molecule has 0 heterocycles. The topological polar surface area (TPSA) is 0 Å². The summed E-state index contributed by atoms with van der Waals surface area (Å²) < 4.78 is 36.6. The van der Waals surface area contributed by atoms with E-state index < -0.39 is 17.5 Å². The van der Waals surface area contributed by atoms with Gasteiger partial charge in [0.1, 0.15) is 5.83 Å². The van der Waals surface area contributed by atoms with Gasteiger partial charge in [0.2, 0.25) is 0 Å². The zero-order chi connectivity index (χ0) is 7.72. The van der Waals surface area contributed by atoms with Crippen LogP contribution < -0.4 is 0 Å². The largest absolute Gasteiger partial charge is 0.208 e. The molecule has 0 amide bonds. The van der Waals surface area contributed by atoms with Crippen molar-refractivity contribution in [3.63, 3.8) is 0 Å². The lowest BCUT2D eigenvalue weighted by Crippen LogP contribution is -1.92. The third-order valence-electron chi connectivity index (χ3n) is 1.16. The van der Waals surface area contributed by atoms with Gasteiger partial charge in [0.05, 0.1) is 0 Å². The van der Waals surface area contributed by atoms with Gasteiger partial charge >= 0.3 is 0 Å². The first kappa shape index (κ1) is 7.12. The molecule has 0 unspecified atom stereocenters. The smallest absolute Gasteiger partial charge is 0.190 e. The number of hydrogen-bond donors (Lipinski definition) is 0. The highest BCUT2D eigenvalue weighted by molar-refractivity contribution is 5.37. The Morgan fingerprint density at radius 1 is 1.30 bits per heavy atom. The molecule has 0 fully saturated rings. The Morgan fingerprint density at radius 2 is 1.90 bits per heavy atom. The van der Waals surface area contributed by atoms with Gasteiger partial charge in [-0.25, -0.2) is 13.2 Å². The maximum Gasteiger partial charge on any atom is 0.190 e. The molecule has 54 valence electrons. The van der Waals surface area contributed by atoms with E-state index in [1.54, 1.807) is 0 Å². The van der Waals surface area contributed by atoms with Crippen LogP contribution in [-0.2, 0) is 0 Å². The van der Waals surface area contributed by atoms with Gasteiger partial charge < -0.3 is 0 Å². The summed E-state index contributed by atoms with van der Waals surface area (Å²) in [6.07, 6.45) is 0.664. The van der Waals surface area contributed by atoms with Crippen LogP contribution >= 0.6 is 0 Å². The van der Waals surface area contributed by atoms with E-state index in [2.05, 4.69) is 6.58 Å². The Kier molecular flexibility index (Phi) is 1.66. The SMILES string of the molecule is C=C1C=C(F)C(F)=C(F)C1. The molecule has 0 bridgehead atoms. The minimum atomic E-state index is -1.40. The van der Waals surface area contributed by atoms with E-state index >= 15 is 0 Å². The van der Waals surface area contributed by atoms with E-state index in [0.29, 0.717) is 0 Å². The van der Waals surface area contributed by atoms with Crippen molar-refractivity contribution in [2.45, 2.75) is 6.42 Å². The van der Waals surface area contributed by atoms with Crippen LogP contribution in [0, 0.1) is 0 Å². The lowest BCUT2D eigenvalue weighted by Gasteiger charge is -2.05. The summed E-state index contributed by atoms with van der Waals surface area (Å²) in [7, 11) is 0. The standard InChI is InChI=1S/C7H5F3/c1-4-2-5(8)7(10)6(9)3-4/h2H,1,3H2. The highest BCUT2D eigenvalue weighted by Gasteiger charge is 2.17. The number of hydrogen-bond acceptors (Lipinski definition) is 0. The van der Waals surface area contributed by atoms with E-state index in [4.69, 9.17) is 0 Å². The fourth-order valence-corrected chi connectivity index (χ4v) is 0.700. The van der Waals surface area contributed by atoms with Gasteiger partial charge in [-0.2, -0.15) is 0 Å². The van der Waals surface area contributed by atoms with Crippen LogP contribution in [0.4, 0.5) is 13.2 Å². The van der Waals surface area contributed by atoms with Gasteiger partial charge in [0, 0.05) is 6.42 Å². The lowest BCUT2D eigenvalue weighted by molar-refractivity contribution is 0.476. The number of rotatable bonds is 0. The minimum absolute atomic E-state index is 0.223. The highest BCUT2D eigenvalue weighted by atomic mass is 19.2. The van der Waals surface area contributed by atoms with Crippen molar-refractivity contribution in [3.05, 3.63) is 35.7 Å². The van der Waals surface area contributed by atoms with E-state index in [-0.39, 0.29) is 12.0 Å². The van der Waals surface area contributed by atoms with Crippen LogP contribution in [0.15, 0.2) is 35.7 Å². The lowest BCUT2D eigenvalue weighted by atomic mass is 10.1. The second kappa shape index (κ2) is 2.33. The van der Waals surface area contributed by atoms with E-state index in [1.165, 1.54) is 0 Å². The predicted molar refractivity (Wildman–Crippen MR) is 32.2 cm³/mol. The molecule has 3 heteroatoms. The summed E-state index contributed by atoms with van der Waals surface area (Å²) in [4.78, 5) is 0. The monoisotopic (exact) mass is 146 g/mol. The van der Waals surface area contributed by atoms with Gasteiger partial charge in [-0.3, -0.25) is 0 Å². The summed E-state index contributed by atoms with van der Waals surface area (Å²) in [6, 6.07) is 0. The summed E-state index contributed by atoms with van der Waals surface area (Å²) in [5.41, 5.74) is 0.247. The van der Waals surface area contributed by atoms with Crippen LogP contribution in [0.2, 0.25) is 0 Å². The molecule has 1 rings (SSSR count). The Morgan fingerprint density at radius 3 is 2.40 bits per heavy atom. The Hall–Kier alpha value is -0.990. The van der Waals surface area contributed by atoms with Crippen molar-refractivity contribution in [3.8, 4) is 0 Å². The molecular weight excluding hydrogens is 141 g/mol. The Bertz CT molecular complexity index is 230. The molecule has 0 saturated carbocycles. The highest BCUT2D eigenvalue weighted by Crippen LogP contribution is 2.29. The Labute approximate surface area is 56.4 Å². The summed E-state index contributed by atoms with van der Waals surface area (Å²) in [5, 5.41) is 0. The molecule has 0 N–H and O–H groups in total. The van der Waals surface area contributed by atoms with Crippen LogP contribution in [0.3, 0.4) is 0 Å². The van der Waals surface area contributed by atoms with Gasteiger partial charge in [0.15, 0.2) is 11.7 Å². The van der Waals surface area contributed by atoms with Crippen molar-refractivity contribution < 1.29 is 13.2 Å². The third-order valence-corrected chi connectivity index (χ3v) is 1.16. The van der Waals surface area contributed by atoms with Crippen molar-refractivity contribution in [2.24, 2.45) is 0 Å². The summed E-state index contributed by atoms with van der Waals surface area (Å²) in [5.74, 6) is -3.65. The maximum atomic E-state index is 12.2. The fourth-order valence-electron chi connectivity index (χ4n) is 0.700. The number of allylic oxidation sites excluding steroid dienone is 5. The molecule has 0 aliphatic heterocycles. The van der Waals surface area contributed by atoms with Crippen molar-refractivity contribution in [2.75, 3.05) is 0 Å². The van der Waals surface area contributed by atoms with E-state index in [0.717, 1.165) is 6.08 Å². The molecule has 0 aromatic heterocycles. The van der Waals surface area contributed by atoms with Gasteiger partial charge in [-0.05, 0) is 11.6 Å². The van der Waals surface area contributed by atoms with E-state index in [9.17, 15) is 13.2 Å². The quantitative estimate of drug-likeness (QED) is 0.492. The zero-order valence-corrected chi connectivity index (χ0v) is 5.13. The molecule has 0 nitrogen and oxygen atoms in total. The van der Waals surface area contributed by atoms with Gasteiger partial charge in [-0.1, -0.05) is 6.58 Å². The minimum Gasteiger partial charge on any atom is -0.208 e. The normalized spacial score (nSPS) is 19.5. The second-order valence-electron chi connectivity index (χ2n) is 2.05. The first-order chi connectivity index (χ1) is 4.61. The molecule has 0 atom stereocenters. The Balaban J connectivity index is 3.01. The van der Waals surface area contributed by atoms with Crippen LogP contribution in [-0.4, -0.2) is 0 Å². The molecular formula is C7H5F3. The molecule has 10 heavy (non-hydrogen) atoms. The predicted octanol–water partition coefficient (Wildman–Crippen LogP) is 2.95. The summed E-state index contributed by atoms with van der Waals surface area (Å²) >= 11 is 0. The molecule has 0 saturated heterocycles. The second-order valence-corrected chi connectivity index (χ2v) is 2.05. The molecule has 0 radical (unpaired) electrons. The summed E-state index contributed by atoms with van der Waals surface area (Å²) in [6.45, 7) is 3.29. The van der Waals surface area contributed by atoms with Crippen LogP contribution in [0.5, 0.6) is 0 Å². The first-order valence-corrected chi connectivity index (χ1v) is 2.70. The molecule has 0 aromatic carbocycles. The van der Waals surface area contributed by atoms with Gasteiger partial charge in [0.25, 0.3) is 0 Å². The number of halogens is 3. The van der Waals surface area contributed by atoms with Crippen LogP contribution in [0.1, 0.15) is 6.42 Å². The molecule has 0 aromatic rings. The van der Waals surface area contributed by atoms with Crippen molar-refractivity contribution in [1.29, 1.82) is 0 Å². The van der Waals surface area contributed by atoms with Crippen molar-refractivity contribution >= 4 is 0 Å². The maximum absolute atomic E-state index is 12.2. The zero-order valence-electron chi connectivity index (χ0n) is 5.13. The van der Waals surface area contributed by atoms with E-state index in [1.807, 2.05) is 0 Å².